The quantitative estimate of drug-likeness (QED) is 0.664. The molecule has 0 spiro atoms. The summed E-state index contributed by atoms with van der Waals surface area (Å²) in [4.78, 5) is 17.4. The number of pyridine rings is 1. The number of hydrogen-bond donors (Lipinski definition) is 1. The lowest BCUT2D eigenvalue weighted by Gasteiger charge is -1.98. The number of hydrogen-bond acceptors (Lipinski definition) is 2. The molecule has 0 aliphatic rings. The van der Waals surface area contributed by atoms with E-state index in [0.29, 0.717) is 0 Å². The molecule has 0 saturated carbocycles. The van der Waals surface area contributed by atoms with Gasteiger partial charge in [-0.05, 0) is 6.07 Å². The van der Waals surface area contributed by atoms with Crippen molar-refractivity contribution in [2.24, 2.45) is 0 Å². The van der Waals surface area contributed by atoms with Crippen LogP contribution in [0.15, 0.2) is 41.7 Å². The summed E-state index contributed by atoms with van der Waals surface area (Å²) in [5.41, 5.74) is -0.110. The first-order valence-corrected chi connectivity index (χ1v) is 3.54. The first-order chi connectivity index (χ1) is 5.86. The Morgan fingerprint density at radius 2 is 2.33 bits per heavy atom. The predicted octanol–water partition coefficient (Wildman–Crippen LogP) is 0.561. The fourth-order valence-corrected chi connectivity index (χ4v) is 0.988. The summed E-state index contributed by atoms with van der Waals surface area (Å²) in [5.74, 6) is 0.722. The fraction of sp³-hybridized carbons (Fsp3) is 0. The highest BCUT2D eigenvalue weighted by Gasteiger charge is 1.93. The number of rotatable bonds is 1. The molecule has 2 rings (SSSR count). The van der Waals surface area contributed by atoms with E-state index in [1.54, 1.807) is 29.4 Å². The molecule has 2 aromatic heterocycles. The Kier molecular flexibility index (Phi) is 1.51. The maximum absolute atomic E-state index is 10.9. The molecule has 0 atom stereocenters. The minimum Gasteiger partial charge on any atom is -0.308 e. The maximum Gasteiger partial charge on any atom is 0.249 e. The molecule has 2 heterocycles. The van der Waals surface area contributed by atoms with Gasteiger partial charge in [-0.1, -0.05) is 6.07 Å². The second kappa shape index (κ2) is 2.65. The van der Waals surface area contributed by atoms with Crippen LogP contribution in [0.4, 0.5) is 0 Å². The van der Waals surface area contributed by atoms with Crippen molar-refractivity contribution < 1.29 is 0 Å². The van der Waals surface area contributed by atoms with Gasteiger partial charge in [-0.15, -0.1) is 0 Å². The largest absolute Gasteiger partial charge is 0.308 e. The molecule has 0 bridgehead atoms. The van der Waals surface area contributed by atoms with Crippen LogP contribution in [-0.2, 0) is 0 Å². The van der Waals surface area contributed by atoms with Crippen molar-refractivity contribution in [3.8, 4) is 5.82 Å². The molecule has 0 fully saturated rings. The Morgan fingerprint density at radius 1 is 1.42 bits per heavy atom. The van der Waals surface area contributed by atoms with E-state index in [4.69, 9.17) is 0 Å². The Labute approximate surface area is 68.5 Å². The molecule has 1 N–H and O–H groups in total. The van der Waals surface area contributed by atoms with Crippen LogP contribution < -0.4 is 5.56 Å². The van der Waals surface area contributed by atoms with E-state index < -0.39 is 0 Å². The summed E-state index contributed by atoms with van der Waals surface area (Å²) < 4.78 is 1.74. The average molecular weight is 161 g/mol. The lowest BCUT2D eigenvalue weighted by atomic mass is 10.4. The van der Waals surface area contributed by atoms with Crippen LogP contribution in [0.2, 0.25) is 0 Å². The van der Waals surface area contributed by atoms with Crippen molar-refractivity contribution in [2.45, 2.75) is 0 Å². The molecule has 4 heteroatoms. The van der Waals surface area contributed by atoms with E-state index in [0.717, 1.165) is 5.82 Å². The summed E-state index contributed by atoms with van der Waals surface area (Å²) in [6.07, 6.45) is 5.06. The molecule has 0 aliphatic heterocycles. The maximum atomic E-state index is 10.9. The highest BCUT2D eigenvalue weighted by atomic mass is 16.1. The first kappa shape index (κ1) is 6.84. The number of H-pyrrole nitrogens is 1. The standard InChI is InChI=1S/C8H7N3O/c12-8-3-1-2-7(10-8)11-5-4-9-6-11/h1-6H,(H,10,12). The third kappa shape index (κ3) is 1.14. The summed E-state index contributed by atoms with van der Waals surface area (Å²) in [5, 5.41) is 0. The summed E-state index contributed by atoms with van der Waals surface area (Å²) in [7, 11) is 0. The van der Waals surface area contributed by atoms with Crippen LogP contribution in [0.1, 0.15) is 0 Å². The van der Waals surface area contributed by atoms with E-state index in [1.807, 2.05) is 6.07 Å². The molecule has 60 valence electrons. The van der Waals surface area contributed by atoms with E-state index in [2.05, 4.69) is 9.97 Å². The van der Waals surface area contributed by atoms with Crippen molar-refractivity contribution in [2.75, 3.05) is 0 Å². The Balaban J connectivity index is 2.55. The minimum atomic E-state index is -0.110. The van der Waals surface area contributed by atoms with Crippen molar-refractivity contribution in [1.29, 1.82) is 0 Å². The van der Waals surface area contributed by atoms with Crippen LogP contribution in [0, 0.1) is 0 Å². The number of nitrogens with one attached hydrogen (secondary N) is 1. The van der Waals surface area contributed by atoms with Gasteiger partial charge in [-0.3, -0.25) is 9.36 Å². The fourth-order valence-electron chi connectivity index (χ4n) is 0.988. The first-order valence-electron chi connectivity index (χ1n) is 3.54. The van der Waals surface area contributed by atoms with Gasteiger partial charge in [0.15, 0.2) is 0 Å². The zero-order valence-corrected chi connectivity index (χ0v) is 6.27. The van der Waals surface area contributed by atoms with E-state index in [9.17, 15) is 4.79 Å². The third-order valence-electron chi connectivity index (χ3n) is 1.54. The lowest BCUT2D eigenvalue weighted by molar-refractivity contribution is 0.979. The van der Waals surface area contributed by atoms with Crippen LogP contribution in [-0.4, -0.2) is 14.5 Å². The third-order valence-corrected chi connectivity index (χ3v) is 1.54. The van der Waals surface area contributed by atoms with Gasteiger partial charge in [-0.2, -0.15) is 0 Å². The second-order valence-corrected chi connectivity index (χ2v) is 2.37. The van der Waals surface area contributed by atoms with Crippen LogP contribution in [0.5, 0.6) is 0 Å². The summed E-state index contributed by atoms with van der Waals surface area (Å²) >= 11 is 0. The van der Waals surface area contributed by atoms with E-state index in [1.165, 1.54) is 6.07 Å². The molecule has 0 radical (unpaired) electrons. The molecule has 0 unspecified atom stereocenters. The van der Waals surface area contributed by atoms with Gasteiger partial charge >= 0.3 is 0 Å². The van der Waals surface area contributed by atoms with Gasteiger partial charge in [0.1, 0.15) is 12.1 Å². The summed E-state index contributed by atoms with van der Waals surface area (Å²) in [6, 6.07) is 4.98. The monoisotopic (exact) mass is 161 g/mol. The van der Waals surface area contributed by atoms with E-state index >= 15 is 0 Å². The topological polar surface area (TPSA) is 50.7 Å². The van der Waals surface area contributed by atoms with E-state index in [-0.39, 0.29) is 5.56 Å². The Morgan fingerprint density at radius 3 is 3.00 bits per heavy atom. The second-order valence-electron chi connectivity index (χ2n) is 2.37. The van der Waals surface area contributed by atoms with Crippen LogP contribution >= 0.6 is 0 Å². The molecule has 4 nitrogen and oxygen atoms in total. The minimum absolute atomic E-state index is 0.110. The molecule has 12 heavy (non-hydrogen) atoms. The van der Waals surface area contributed by atoms with Gasteiger partial charge in [0, 0.05) is 18.5 Å². The van der Waals surface area contributed by atoms with Crippen LogP contribution in [0.25, 0.3) is 5.82 Å². The molecular formula is C8H7N3O. The molecule has 0 aromatic carbocycles. The normalized spacial score (nSPS) is 10.0. The SMILES string of the molecule is O=c1cccc(-n2ccnc2)[nH]1. The zero-order valence-electron chi connectivity index (χ0n) is 6.27. The smallest absolute Gasteiger partial charge is 0.249 e. The van der Waals surface area contributed by atoms with Gasteiger partial charge < -0.3 is 4.98 Å². The summed E-state index contributed by atoms with van der Waals surface area (Å²) in [6.45, 7) is 0. The molecule has 0 saturated heterocycles. The average Bonchev–Trinajstić information content (AvgIpc) is 2.56. The van der Waals surface area contributed by atoms with Crippen LogP contribution in [0.3, 0.4) is 0 Å². The van der Waals surface area contributed by atoms with Gasteiger partial charge in [0.05, 0.1) is 0 Å². The number of imidazole rings is 1. The number of aromatic amines is 1. The van der Waals surface area contributed by atoms with Crippen molar-refractivity contribution in [3.05, 3.63) is 47.3 Å². The van der Waals surface area contributed by atoms with Gasteiger partial charge in [0.2, 0.25) is 5.56 Å². The molecular weight excluding hydrogens is 154 g/mol. The van der Waals surface area contributed by atoms with Crippen molar-refractivity contribution in [1.82, 2.24) is 14.5 Å². The highest BCUT2D eigenvalue weighted by Crippen LogP contribution is 1.97. The number of aromatic nitrogens is 3. The lowest BCUT2D eigenvalue weighted by Crippen LogP contribution is -2.07. The Bertz CT molecular complexity index is 416. The number of nitrogens with zero attached hydrogens (tertiary/aromatic N) is 2. The molecule has 2 aromatic rings. The Hall–Kier alpha value is -1.84. The zero-order chi connectivity index (χ0) is 8.39. The van der Waals surface area contributed by atoms with Gasteiger partial charge in [-0.25, -0.2) is 4.98 Å². The molecule has 0 aliphatic carbocycles. The highest BCUT2D eigenvalue weighted by molar-refractivity contribution is 5.20. The predicted molar refractivity (Wildman–Crippen MR) is 44.2 cm³/mol. The van der Waals surface area contributed by atoms with Gasteiger partial charge in [0.25, 0.3) is 0 Å². The van der Waals surface area contributed by atoms with Crippen molar-refractivity contribution in [3.63, 3.8) is 0 Å². The molecule has 0 amide bonds. The van der Waals surface area contributed by atoms with Crippen molar-refractivity contribution >= 4 is 0 Å².